The van der Waals surface area contributed by atoms with Gasteiger partial charge in [-0.25, -0.2) is 9.78 Å². The van der Waals surface area contributed by atoms with Crippen molar-refractivity contribution in [2.24, 2.45) is 0 Å². The van der Waals surface area contributed by atoms with Crippen molar-refractivity contribution in [3.8, 4) is 0 Å². The fourth-order valence-electron chi connectivity index (χ4n) is 1.91. The first-order valence-corrected chi connectivity index (χ1v) is 8.40. The molecule has 1 N–H and O–H groups in total. The molecule has 0 saturated heterocycles. The van der Waals surface area contributed by atoms with Crippen molar-refractivity contribution in [1.82, 2.24) is 10.3 Å². The molecule has 1 aromatic heterocycles. The summed E-state index contributed by atoms with van der Waals surface area (Å²) in [7, 11) is 1.36. The Hall–Kier alpha value is -2.42. The van der Waals surface area contributed by atoms with E-state index in [2.05, 4.69) is 15.1 Å². The second-order valence-electron chi connectivity index (χ2n) is 5.28. The zero-order valence-corrected chi connectivity index (χ0v) is 15.0. The summed E-state index contributed by atoms with van der Waals surface area (Å²) in [6.07, 6.45) is 0.826. The second-order valence-corrected chi connectivity index (χ2v) is 6.21. The minimum absolute atomic E-state index is 0.00352. The van der Waals surface area contributed by atoms with Gasteiger partial charge in [-0.1, -0.05) is 0 Å². The van der Waals surface area contributed by atoms with E-state index >= 15 is 0 Å². The molecule has 0 aliphatic carbocycles. The summed E-state index contributed by atoms with van der Waals surface area (Å²) in [6.45, 7) is 3.35. The highest BCUT2D eigenvalue weighted by Crippen LogP contribution is 2.19. The van der Waals surface area contributed by atoms with Crippen LogP contribution in [-0.2, 0) is 23.9 Å². The number of hydrogen-bond donors (Lipinski definition) is 1. The number of amides is 1. The summed E-state index contributed by atoms with van der Waals surface area (Å²) in [6, 6.07) is -1.04. The third-order valence-corrected chi connectivity index (χ3v) is 3.80. The van der Waals surface area contributed by atoms with Crippen LogP contribution in [0, 0.1) is 0 Å². The number of carbonyl (C=O) groups excluding carboxylic acids is 3. The number of thiazole rings is 1. The van der Waals surface area contributed by atoms with Gasteiger partial charge in [0.05, 0.1) is 6.10 Å². The average molecular weight is 368 g/mol. The maximum Gasteiger partial charge on any atom is 0.328 e. The van der Waals surface area contributed by atoms with Crippen LogP contribution in [0.5, 0.6) is 0 Å². The molecule has 1 aromatic rings. The Morgan fingerprint density at radius 2 is 2.16 bits per heavy atom. The maximum absolute atomic E-state index is 12.4. The largest absolute Gasteiger partial charge is 0.461 e. The van der Waals surface area contributed by atoms with Crippen LogP contribution in [0.3, 0.4) is 0 Å². The van der Waals surface area contributed by atoms with Crippen molar-refractivity contribution in [3.05, 3.63) is 22.1 Å². The molecule has 0 spiro atoms. The summed E-state index contributed by atoms with van der Waals surface area (Å²) in [5, 5.41) is 4.67. The van der Waals surface area contributed by atoms with Crippen molar-refractivity contribution in [2.75, 3.05) is 7.11 Å². The van der Waals surface area contributed by atoms with Crippen molar-refractivity contribution in [3.63, 3.8) is 0 Å². The van der Waals surface area contributed by atoms with Crippen molar-refractivity contribution >= 4 is 35.2 Å². The van der Waals surface area contributed by atoms with Crippen LogP contribution in [0.15, 0.2) is 11.6 Å². The lowest BCUT2D eigenvalue weighted by atomic mass is 10.1. The van der Waals surface area contributed by atoms with Crippen LogP contribution in [0.4, 0.5) is 0 Å². The van der Waals surface area contributed by atoms with Gasteiger partial charge in [-0.2, -0.15) is 4.79 Å². The standard InChI is InChI=1S/C15H20N4O5S/c1-9(2)24-15(22)11(5-4-10(20)8-18-16)19-13(21)12(23-3)14-17-6-7-25-14/h6-9,11-12H,4-5H2,1-3H3,(H,19,21)/t11-,12-/m0/s1. The van der Waals surface area contributed by atoms with Crippen LogP contribution in [-0.4, -0.2) is 52.9 Å². The predicted octanol–water partition coefficient (Wildman–Crippen LogP) is 0.917. The molecule has 1 rings (SSSR count). The quantitative estimate of drug-likeness (QED) is 0.283. The fraction of sp³-hybridized carbons (Fsp3) is 0.533. The van der Waals surface area contributed by atoms with Crippen LogP contribution < -0.4 is 5.32 Å². The molecule has 0 saturated carbocycles. The lowest BCUT2D eigenvalue weighted by Crippen LogP contribution is -2.45. The summed E-state index contributed by atoms with van der Waals surface area (Å²) in [5.41, 5.74) is 8.35. The van der Waals surface area contributed by atoms with E-state index in [1.807, 2.05) is 0 Å². The topological polar surface area (TPSA) is 131 Å². The SMILES string of the molecule is CO[C@@H](C(=O)N[C@@H](CCC(=O)C=[N+]=[N-])C(=O)OC(C)C)c1nccs1. The Balaban J connectivity index is 2.83. The Morgan fingerprint density at radius 3 is 2.68 bits per heavy atom. The Bertz CT molecular complexity index is 640. The Kier molecular flexibility index (Phi) is 8.62. The predicted molar refractivity (Wildman–Crippen MR) is 88.9 cm³/mol. The normalized spacial score (nSPS) is 12.8. The third kappa shape index (κ3) is 6.92. The molecule has 0 unspecified atom stereocenters. The minimum atomic E-state index is -1.04. The number of ether oxygens (including phenoxy) is 2. The third-order valence-electron chi connectivity index (χ3n) is 2.98. The van der Waals surface area contributed by atoms with E-state index < -0.39 is 29.8 Å². The Labute approximate surface area is 149 Å². The number of methoxy groups -OCH3 is 1. The number of ketones is 1. The molecule has 0 aliphatic rings. The van der Waals surface area contributed by atoms with E-state index in [1.54, 1.807) is 19.2 Å². The monoisotopic (exact) mass is 368 g/mol. The molecule has 0 aliphatic heterocycles. The summed E-state index contributed by atoms with van der Waals surface area (Å²) < 4.78 is 10.3. The molecule has 136 valence electrons. The molecule has 0 bridgehead atoms. The molecule has 0 aromatic carbocycles. The molecule has 25 heavy (non-hydrogen) atoms. The van der Waals surface area contributed by atoms with Crippen LogP contribution >= 0.6 is 11.3 Å². The zero-order chi connectivity index (χ0) is 18.8. The number of rotatable bonds is 10. The summed E-state index contributed by atoms with van der Waals surface area (Å²) in [5.74, 6) is -1.71. The number of esters is 1. The molecular formula is C15H20N4O5S. The van der Waals surface area contributed by atoms with Gasteiger partial charge in [0.1, 0.15) is 11.0 Å². The highest BCUT2D eigenvalue weighted by atomic mass is 32.1. The molecule has 0 radical (unpaired) electrons. The highest BCUT2D eigenvalue weighted by Gasteiger charge is 2.29. The molecule has 2 atom stereocenters. The van der Waals surface area contributed by atoms with Crippen molar-refractivity contribution in [2.45, 2.75) is 44.9 Å². The zero-order valence-electron chi connectivity index (χ0n) is 14.2. The van der Waals surface area contributed by atoms with Gasteiger partial charge in [-0.05, 0) is 20.3 Å². The van der Waals surface area contributed by atoms with Gasteiger partial charge in [0.25, 0.3) is 5.91 Å². The Morgan fingerprint density at radius 1 is 1.44 bits per heavy atom. The lowest BCUT2D eigenvalue weighted by molar-refractivity contribution is -0.152. The van der Waals surface area contributed by atoms with Gasteiger partial charge in [-0.15, -0.1) is 11.3 Å². The van der Waals surface area contributed by atoms with E-state index in [9.17, 15) is 14.4 Å². The fourth-order valence-corrected chi connectivity index (χ4v) is 2.62. The van der Waals surface area contributed by atoms with E-state index in [0.29, 0.717) is 5.01 Å². The maximum atomic E-state index is 12.4. The van der Waals surface area contributed by atoms with Crippen LogP contribution in [0.1, 0.15) is 37.8 Å². The van der Waals surface area contributed by atoms with Crippen molar-refractivity contribution in [1.29, 1.82) is 0 Å². The first-order valence-electron chi connectivity index (χ1n) is 7.52. The van der Waals surface area contributed by atoms with E-state index in [1.165, 1.54) is 24.6 Å². The average Bonchev–Trinajstić information content (AvgIpc) is 3.05. The molecule has 0 fully saturated rings. The van der Waals surface area contributed by atoms with E-state index in [0.717, 1.165) is 6.21 Å². The van der Waals surface area contributed by atoms with Gasteiger partial charge in [-0.3, -0.25) is 9.59 Å². The number of aromatic nitrogens is 1. The van der Waals surface area contributed by atoms with Gasteiger partial charge >= 0.3 is 12.2 Å². The lowest BCUT2D eigenvalue weighted by Gasteiger charge is -2.21. The molecule has 1 amide bonds. The number of nitrogens with one attached hydrogen (secondary N) is 1. The van der Waals surface area contributed by atoms with Crippen LogP contribution in [0.25, 0.3) is 5.53 Å². The van der Waals surface area contributed by atoms with E-state index in [4.69, 9.17) is 15.0 Å². The summed E-state index contributed by atoms with van der Waals surface area (Å²) in [4.78, 5) is 42.7. The first kappa shape index (κ1) is 20.6. The molecule has 9 nitrogen and oxygen atoms in total. The van der Waals surface area contributed by atoms with Gasteiger partial charge in [0.2, 0.25) is 5.78 Å². The smallest absolute Gasteiger partial charge is 0.328 e. The first-order chi connectivity index (χ1) is 11.9. The van der Waals surface area contributed by atoms with Crippen LogP contribution in [0.2, 0.25) is 0 Å². The van der Waals surface area contributed by atoms with Gasteiger partial charge < -0.3 is 20.3 Å². The molecular weight excluding hydrogens is 348 g/mol. The van der Waals surface area contributed by atoms with Gasteiger partial charge in [0, 0.05) is 25.1 Å². The minimum Gasteiger partial charge on any atom is -0.461 e. The molecule has 1 heterocycles. The number of nitrogens with zero attached hydrogens (tertiary/aromatic N) is 3. The summed E-state index contributed by atoms with van der Waals surface area (Å²) >= 11 is 1.24. The van der Waals surface area contributed by atoms with Crippen molar-refractivity contribution < 1.29 is 28.6 Å². The number of carbonyl (C=O) groups is 3. The highest BCUT2D eigenvalue weighted by molar-refractivity contribution is 7.09. The van der Waals surface area contributed by atoms with E-state index in [-0.39, 0.29) is 18.9 Å². The van der Waals surface area contributed by atoms with Gasteiger partial charge in [0.15, 0.2) is 6.10 Å². The molecule has 10 heteroatoms. The number of hydrogen-bond acceptors (Lipinski definition) is 7. The number of Topliss-reactive ketones (excluding diaryl/α,β-unsaturated/α-hetero) is 1. The second kappa shape index (κ2) is 10.4.